The Kier molecular flexibility index (Phi) is 8.29. The maximum atomic E-state index is 6.13. The van der Waals surface area contributed by atoms with Gasteiger partial charge in [0, 0.05) is 12.1 Å². The zero-order valence-electron chi connectivity index (χ0n) is 15.6. The number of ether oxygens (including phenoxy) is 2. The molecule has 0 aliphatic heterocycles. The summed E-state index contributed by atoms with van der Waals surface area (Å²) in [5.41, 5.74) is 2.28. The van der Waals surface area contributed by atoms with Gasteiger partial charge >= 0.3 is 0 Å². The van der Waals surface area contributed by atoms with E-state index >= 15 is 0 Å². The van der Waals surface area contributed by atoms with Crippen LogP contribution >= 0.6 is 0 Å². The molecule has 0 heterocycles. The predicted molar refractivity (Wildman–Crippen MR) is 103 cm³/mol. The van der Waals surface area contributed by atoms with Gasteiger partial charge < -0.3 is 19.7 Å². The highest BCUT2D eigenvalue weighted by molar-refractivity contribution is 5.46. The number of rotatable bonds is 11. The van der Waals surface area contributed by atoms with Crippen LogP contribution in [0.15, 0.2) is 48.5 Å². The molecule has 0 aromatic heterocycles. The summed E-state index contributed by atoms with van der Waals surface area (Å²) < 4.78 is 11.9. The van der Waals surface area contributed by atoms with Crippen molar-refractivity contribution >= 4 is 0 Å². The summed E-state index contributed by atoms with van der Waals surface area (Å²) in [4.78, 5) is 2.20. The number of para-hydroxylation sites is 1. The van der Waals surface area contributed by atoms with E-state index in [4.69, 9.17) is 9.47 Å². The molecule has 0 atom stereocenters. The zero-order valence-corrected chi connectivity index (χ0v) is 15.6. The number of benzene rings is 2. The van der Waals surface area contributed by atoms with E-state index in [0.29, 0.717) is 13.2 Å². The molecule has 25 heavy (non-hydrogen) atoms. The smallest absolute Gasteiger partial charge is 0.166 e. The lowest BCUT2D eigenvalue weighted by Gasteiger charge is -2.17. The topological polar surface area (TPSA) is 33.7 Å². The van der Waals surface area contributed by atoms with Crippen molar-refractivity contribution in [2.24, 2.45) is 0 Å². The number of hydrogen-bond donors (Lipinski definition) is 1. The van der Waals surface area contributed by atoms with Crippen molar-refractivity contribution in [2.75, 3.05) is 33.8 Å². The summed E-state index contributed by atoms with van der Waals surface area (Å²) in [6.45, 7) is 6.00. The first kappa shape index (κ1) is 19.3. The van der Waals surface area contributed by atoms with Gasteiger partial charge in [-0.15, -0.1) is 0 Å². The molecular weight excluding hydrogens is 312 g/mol. The van der Waals surface area contributed by atoms with Crippen molar-refractivity contribution in [1.82, 2.24) is 10.2 Å². The van der Waals surface area contributed by atoms with Crippen LogP contribution in [0.1, 0.15) is 24.5 Å². The highest BCUT2D eigenvalue weighted by atomic mass is 16.5. The second-order valence-corrected chi connectivity index (χ2v) is 6.29. The first-order chi connectivity index (χ1) is 12.2. The van der Waals surface area contributed by atoms with E-state index in [1.54, 1.807) is 0 Å². The molecule has 2 aromatic rings. The van der Waals surface area contributed by atoms with E-state index in [2.05, 4.69) is 42.5 Å². The average molecular weight is 342 g/mol. The summed E-state index contributed by atoms with van der Waals surface area (Å²) in [7, 11) is 4.20. The van der Waals surface area contributed by atoms with Gasteiger partial charge in [0.2, 0.25) is 0 Å². The quantitative estimate of drug-likeness (QED) is 0.631. The molecule has 0 fully saturated rings. The fraction of sp³-hybridized carbons (Fsp3) is 0.429. The molecule has 136 valence electrons. The van der Waals surface area contributed by atoms with Crippen LogP contribution in [0, 0.1) is 0 Å². The molecule has 0 spiro atoms. The third-order valence-electron chi connectivity index (χ3n) is 3.86. The van der Waals surface area contributed by atoms with E-state index in [1.165, 1.54) is 0 Å². The van der Waals surface area contributed by atoms with E-state index < -0.39 is 0 Å². The van der Waals surface area contributed by atoms with Crippen LogP contribution in [0.3, 0.4) is 0 Å². The number of hydrogen-bond acceptors (Lipinski definition) is 4. The Morgan fingerprint density at radius 3 is 2.48 bits per heavy atom. The first-order valence-corrected chi connectivity index (χ1v) is 8.97. The van der Waals surface area contributed by atoms with Crippen molar-refractivity contribution in [3.05, 3.63) is 59.7 Å². The molecule has 0 saturated carbocycles. The number of nitrogens with one attached hydrogen (secondary N) is 1. The summed E-state index contributed by atoms with van der Waals surface area (Å²) in [6.07, 6.45) is 1.12. The zero-order chi connectivity index (χ0) is 17.9. The van der Waals surface area contributed by atoms with Crippen LogP contribution in [0.2, 0.25) is 0 Å². The lowest BCUT2D eigenvalue weighted by Crippen LogP contribution is -2.21. The Labute approximate surface area is 151 Å². The fourth-order valence-electron chi connectivity index (χ4n) is 2.61. The van der Waals surface area contributed by atoms with Crippen molar-refractivity contribution < 1.29 is 9.47 Å². The largest absolute Gasteiger partial charge is 0.490 e. The van der Waals surface area contributed by atoms with Crippen molar-refractivity contribution in [3.8, 4) is 11.5 Å². The highest BCUT2D eigenvalue weighted by Gasteiger charge is 2.11. The minimum Gasteiger partial charge on any atom is -0.490 e. The Bertz CT molecular complexity index is 615. The Balaban J connectivity index is 2.00. The highest BCUT2D eigenvalue weighted by Crippen LogP contribution is 2.32. The minimum atomic E-state index is 0.540. The average Bonchev–Trinajstić information content (AvgIpc) is 2.61. The monoisotopic (exact) mass is 342 g/mol. The van der Waals surface area contributed by atoms with Crippen LogP contribution < -0.4 is 14.8 Å². The maximum Gasteiger partial charge on any atom is 0.166 e. The first-order valence-electron chi connectivity index (χ1n) is 8.97. The molecule has 0 unspecified atom stereocenters. The van der Waals surface area contributed by atoms with E-state index in [1.807, 2.05) is 37.3 Å². The molecule has 0 amide bonds. The van der Waals surface area contributed by atoms with E-state index in [-0.39, 0.29) is 0 Å². The third-order valence-corrected chi connectivity index (χ3v) is 3.86. The van der Waals surface area contributed by atoms with Crippen molar-refractivity contribution in [2.45, 2.75) is 26.5 Å². The Hall–Kier alpha value is -2.04. The third kappa shape index (κ3) is 6.77. The van der Waals surface area contributed by atoms with Gasteiger partial charge in [0.25, 0.3) is 0 Å². The van der Waals surface area contributed by atoms with Gasteiger partial charge in [-0.05, 0) is 52.2 Å². The van der Waals surface area contributed by atoms with Gasteiger partial charge in [0.1, 0.15) is 6.61 Å². The van der Waals surface area contributed by atoms with Gasteiger partial charge in [-0.25, -0.2) is 0 Å². The van der Waals surface area contributed by atoms with Crippen LogP contribution in [0.25, 0.3) is 0 Å². The molecule has 0 radical (unpaired) electrons. The van der Waals surface area contributed by atoms with Crippen LogP contribution in [-0.4, -0.2) is 38.7 Å². The van der Waals surface area contributed by atoms with Crippen LogP contribution in [0.5, 0.6) is 11.5 Å². The Morgan fingerprint density at radius 1 is 0.960 bits per heavy atom. The lowest BCUT2D eigenvalue weighted by atomic mass is 10.1. The second-order valence-electron chi connectivity index (χ2n) is 6.29. The summed E-state index contributed by atoms with van der Waals surface area (Å²) in [5, 5.41) is 3.50. The van der Waals surface area contributed by atoms with E-state index in [0.717, 1.165) is 48.7 Å². The molecule has 0 aliphatic carbocycles. The standard InChI is InChI=1S/C21H30N2O2/c1-4-24-20-13-8-12-19(16-22-14-9-15-23(2)3)21(20)25-17-18-10-6-5-7-11-18/h5-8,10-13,22H,4,9,14-17H2,1-3H3. The molecule has 4 heteroatoms. The molecule has 0 saturated heterocycles. The van der Waals surface area contributed by atoms with Gasteiger partial charge in [-0.3, -0.25) is 0 Å². The predicted octanol–water partition coefficient (Wildman–Crippen LogP) is 3.71. The van der Waals surface area contributed by atoms with Crippen molar-refractivity contribution in [3.63, 3.8) is 0 Å². The molecule has 1 N–H and O–H groups in total. The van der Waals surface area contributed by atoms with Gasteiger partial charge in [-0.2, -0.15) is 0 Å². The fourth-order valence-corrected chi connectivity index (χ4v) is 2.61. The molecule has 0 aliphatic rings. The molecular formula is C21H30N2O2. The summed E-state index contributed by atoms with van der Waals surface area (Å²) in [5.74, 6) is 1.65. The normalized spacial score (nSPS) is 10.9. The summed E-state index contributed by atoms with van der Waals surface area (Å²) >= 11 is 0. The molecule has 4 nitrogen and oxygen atoms in total. The Morgan fingerprint density at radius 2 is 1.76 bits per heavy atom. The number of nitrogens with zero attached hydrogens (tertiary/aromatic N) is 1. The molecule has 2 aromatic carbocycles. The van der Waals surface area contributed by atoms with Crippen molar-refractivity contribution in [1.29, 1.82) is 0 Å². The van der Waals surface area contributed by atoms with Gasteiger partial charge in [0.15, 0.2) is 11.5 Å². The van der Waals surface area contributed by atoms with E-state index in [9.17, 15) is 0 Å². The van der Waals surface area contributed by atoms with Gasteiger partial charge in [0.05, 0.1) is 6.61 Å². The van der Waals surface area contributed by atoms with Crippen LogP contribution in [0.4, 0.5) is 0 Å². The van der Waals surface area contributed by atoms with Gasteiger partial charge in [-0.1, -0.05) is 42.5 Å². The minimum absolute atomic E-state index is 0.540. The summed E-state index contributed by atoms with van der Waals surface area (Å²) in [6, 6.07) is 16.3. The lowest BCUT2D eigenvalue weighted by molar-refractivity contribution is 0.266. The SMILES string of the molecule is CCOc1cccc(CNCCCN(C)C)c1OCc1ccccc1. The molecule has 0 bridgehead atoms. The molecule has 2 rings (SSSR count). The maximum absolute atomic E-state index is 6.13. The second kappa shape index (κ2) is 10.7. The van der Waals surface area contributed by atoms with Crippen LogP contribution in [-0.2, 0) is 13.2 Å².